The molecule has 2 amide bonds. The number of benzene rings is 2. The van der Waals surface area contributed by atoms with Crippen molar-refractivity contribution >= 4 is 23.5 Å². The van der Waals surface area contributed by atoms with E-state index in [0.29, 0.717) is 5.75 Å². The van der Waals surface area contributed by atoms with Crippen LogP contribution in [0.25, 0.3) is 0 Å². The van der Waals surface area contributed by atoms with E-state index < -0.39 is 24.4 Å². The first kappa shape index (κ1) is 20.7. The molecular weight excluding hydrogens is 388 g/mol. The average molecular weight is 408 g/mol. The first-order valence-electron chi connectivity index (χ1n) is 9.07. The highest BCUT2D eigenvalue weighted by Gasteiger charge is 2.17. The Bertz CT molecular complexity index is 1030. The summed E-state index contributed by atoms with van der Waals surface area (Å²) in [4.78, 5) is 36.6. The molecule has 0 radical (unpaired) electrons. The SMILES string of the molecule is COc1cccc(CNC(=O)COC(=O)c2ccccc2NC(=O)c2ccco2)c1. The molecule has 30 heavy (non-hydrogen) atoms. The molecule has 0 aliphatic heterocycles. The molecule has 0 atom stereocenters. The van der Waals surface area contributed by atoms with Crippen molar-refractivity contribution in [2.45, 2.75) is 6.54 Å². The summed E-state index contributed by atoms with van der Waals surface area (Å²) in [6.07, 6.45) is 1.37. The maximum atomic E-state index is 12.4. The number of carbonyl (C=O) groups excluding carboxylic acids is 3. The second-order valence-electron chi connectivity index (χ2n) is 6.18. The molecule has 8 nitrogen and oxygen atoms in total. The fraction of sp³-hybridized carbons (Fsp3) is 0.136. The Morgan fingerprint density at radius 2 is 1.83 bits per heavy atom. The maximum Gasteiger partial charge on any atom is 0.340 e. The lowest BCUT2D eigenvalue weighted by Crippen LogP contribution is -2.28. The number of methoxy groups -OCH3 is 1. The summed E-state index contributed by atoms with van der Waals surface area (Å²) in [5.74, 6) is -0.905. The molecule has 1 aromatic heterocycles. The van der Waals surface area contributed by atoms with E-state index in [4.69, 9.17) is 13.9 Å². The predicted molar refractivity (Wildman–Crippen MR) is 108 cm³/mol. The van der Waals surface area contributed by atoms with Crippen LogP contribution in [0.5, 0.6) is 5.75 Å². The van der Waals surface area contributed by atoms with Crippen molar-refractivity contribution in [1.29, 1.82) is 0 Å². The lowest BCUT2D eigenvalue weighted by Gasteiger charge is -2.11. The van der Waals surface area contributed by atoms with Crippen LogP contribution in [-0.2, 0) is 16.1 Å². The zero-order valence-electron chi connectivity index (χ0n) is 16.2. The monoisotopic (exact) mass is 408 g/mol. The molecule has 8 heteroatoms. The van der Waals surface area contributed by atoms with Gasteiger partial charge in [-0.1, -0.05) is 24.3 Å². The zero-order valence-corrected chi connectivity index (χ0v) is 16.2. The number of hydrogen-bond acceptors (Lipinski definition) is 6. The number of amides is 2. The molecule has 3 aromatic rings. The number of rotatable bonds is 8. The predicted octanol–water partition coefficient (Wildman–Crippen LogP) is 3.01. The Labute approximate surface area is 172 Å². The van der Waals surface area contributed by atoms with Crippen LogP contribution in [0.1, 0.15) is 26.5 Å². The third kappa shape index (κ3) is 5.48. The highest BCUT2D eigenvalue weighted by Crippen LogP contribution is 2.18. The van der Waals surface area contributed by atoms with Crippen molar-refractivity contribution in [2.75, 3.05) is 19.0 Å². The molecule has 2 aromatic carbocycles. The van der Waals surface area contributed by atoms with E-state index in [1.165, 1.54) is 18.4 Å². The quantitative estimate of drug-likeness (QED) is 0.555. The topological polar surface area (TPSA) is 107 Å². The standard InChI is InChI=1S/C22H20N2O6/c1-28-16-7-4-6-15(12-16)13-23-20(25)14-30-22(27)17-8-2-3-9-18(17)24-21(26)19-10-5-11-29-19/h2-12H,13-14H2,1H3,(H,23,25)(H,24,26). The Kier molecular flexibility index (Phi) is 6.83. The van der Waals surface area contributed by atoms with E-state index in [1.807, 2.05) is 12.1 Å². The fourth-order valence-electron chi connectivity index (χ4n) is 2.60. The average Bonchev–Trinajstić information content (AvgIpc) is 3.32. The fourth-order valence-corrected chi connectivity index (χ4v) is 2.60. The smallest absolute Gasteiger partial charge is 0.340 e. The summed E-state index contributed by atoms with van der Waals surface area (Å²) >= 11 is 0. The van der Waals surface area contributed by atoms with Gasteiger partial charge in [0.1, 0.15) is 5.75 Å². The van der Waals surface area contributed by atoms with Crippen LogP contribution in [0.15, 0.2) is 71.3 Å². The van der Waals surface area contributed by atoms with Gasteiger partial charge in [0, 0.05) is 6.54 Å². The number of nitrogens with one attached hydrogen (secondary N) is 2. The maximum absolute atomic E-state index is 12.4. The minimum Gasteiger partial charge on any atom is -0.497 e. The second kappa shape index (κ2) is 9.92. The molecule has 0 saturated carbocycles. The molecule has 0 bridgehead atoms. The van der Waals surface area contributed by atoms with E-state index >= 15 is 0 Å². The Morgan fingerprint density at radius 3 is 2.60 bits per heavy atom. The van der Waals surface area contributed by atoms with Crippen LogP contribution in [0.2, 0.25) is 0 Å². The van der Waals surface area contributed by atoms with Gasteiger partial charge in [-0.05, 0) is 42.0 Å². The molecule has 0 aliphatic carbocycles. The van der Waals surface area contributed by atoms with Crippen LogP contribution in [0.4, 0.5) is 5.69 Å². The first-order chi connectivity index (χ1) is 14.6. The Morgan fingerprint density at radius 1 is 1.00 bits per heavy atom. The molecule has 3 rings (SSSR count). The number of hydrogen-bond donors (Lipinski definition) is 2. The van der Waals surface area contributed by atoms with Crippen molar-refractivity contribution in [3.8, 4) is 5.75 Å². The van der Waals surface area contributed by atoms with Crippen LogP contribution < -0.4 is 15.4 Å². The van der Waals surface area contributed by atoms with Crippen LogP contribution >= 0.6 is 0 Å². The lowest BCUT2D eigenvalue weighted by atomic mass is 10.1. The minimum atomic E-state index is -0.734. The zero-order chi connectivity index (χ0) is 21.3. The number of para-hydroxylation sites is 1. The van der Waals surface area contributed by atoms with Gasteiger partial charge in [0.05, 0.1) is 24.6 Å². The molecule has 2 N–H and O–H groups in total. The van der Waals surface area contributed by atoms with E-state index in [1.54, 1.807) is 43.5 Å². The van der Waals surface area contributed by atoms with Gasteiger partial charge in [-0.25, -0.2) is 4.79 Å². The summed E-state index contributed by atoms with van der Waals surface area (Å²) in [7, 11) is 1.56. The summed E-state index contributed by atoms with van der Waals surface area (Å²) in [5, 5.41) is 5.26. The number of ether oxygens (including phenoxy) is 2. The van der Waals surface area contributed by atoms with Gasteiger partial charge in [-0.3, -0.25) is 9.59 Å². The van der Waals surface area contributed by atoms with Crippen LogP contribution in [-0.4, -0.2) is 31.5 Å². The van der Waals surface area contributed by atoms with Crippen molar-refractivity contribution in [3.05, 3.63) is 83.8 Å². The Balaban J connectivity index is 1.54. The molecule has 1 heterocycles. The normalized spacial score (nSPS) is 10.2. The van der Waals surface area contributed by atoms with Gasteiger partial charge in [0.2, 0.25) is 0 Å². The molecule has 0 aliphatic rings. The second-order valence-corrected chi connectivity index (χ2v) is 6.18. The third-order valence-corrected chi connectivity index (χ3v) is 4.10. The van der Waals surface area contributed by atoms with Gasteiger partial charge < -0.3 is 24.5 Å². The molecule has 154 valence electrons. The van der Waals surface area contributed by atoms with Crippen molar-refractivity contribution < 1.29 is 28.3 Å². The van der Waals surface area contributed by atoms with Crippen LogP contribution in [0.3, 0.4) is 0 Å². The number of carbonyl (C=O) groups is 3. The highest BCUT2D eigenvalue weighted by atomic mass is 16.5. The van der Waals surface area contributed by atoms with Gasteiger partial charge in [-0.2, -0.15) is 0 Å². The minimum absolute atomic E-state index is 0.107. The number of furan rings is 1. The summed E-state index contributed by atoms with van der Waals surface area (Å²) < 4.78 is 15.3. The van der Waals surface area contributed by atoms with E-state index in [0.717, 1.165) is 5.56 Å². The van der Waals surface area contributed by atoms with E-state index in [9.17, 15) is 14.4 Å². The third-order valence-electron chi connectivity index (χ3n) is 4.10. The van der Waals surface area contributed by atoms with Gasteiger partial charge >= 0.3 is 5.97 Å². The summed E-state index contributed by atoms with van der Waals surface area (Å²) in [6, 6.07) is 16.7. The van der Waals surface area contributed by atoms with Gasteiger partial charge in [0.25, 0.3) is 11.8 Å². The van der Waals surface area contributed by atoms with Gasteiger partial charge in [-0.15, -0.1) is 0 Å². The van der Waals surface area contributed by atoms with E-state index in [-0.39, 0.29) is 23.6 Å². The summed E-state index contributed by atoms with van der Waals surface area (Å²) in [5.41, 5.74) is 1.22. The summed E-state index contributed by atoms with van der Waals surface area (Å²) in [6.45, 7) is -0.188. The molecule has 0 saturated heterocycles. The van der Waals surface area contributed by atoms with Gasteiger partial charge in [0.15, 0.2) is 12.4 Å². The highest BCUT2D eigenvalue weighted by molar-refractivity contribution is 6.06. The van der Waals surface area contributed by atoms with Crippen molar-refractivity contribution in [3.63, 3.8) is 0 Å². The molecule has 0 unspecified atom stereocenters. The number of esters is 1. The Hall–Kier alpha value is -4.07. The van der Waals surface area contributed by atoms with Crippen LogP contribution in [0, 0.1) is 0 Å². The first-order valence-corrected chi connectivity index (χ1v) is 9.07. The van der Waals surface area contributed by atoms with E-state index in [2.05, 4.69) is 10.6 Å². The molecule has 0 fully saturated rings. The molecule has 0 spiro atoms. The van der Waals surface area contributed by atoms with Crippen molar-refractivity contribution in [1.82, 2.24) is 5.32 Å². The largest absolute Gasteiger partial charge is 0.497 e. The van der Waals surface area contributed by atoms with Crippen molar-refractivity contribution in [2.24, 2.45) is 0 Å². The number of anilines is 1. The molecular formula is C22H20N2O6. The lowest BCUT2D eigenvalue weighted by molar-refractivity contribution is -0.124.